The van der Waals surface area contributed by atoms with E-state index in [1.807, 2.05) is 6.92 Å². The van der Waals surface area contributed by atoms with Crippen LogP contribution in [0, 0.1) is 0 Å². The Hall–Kier alpha value is -0.240. The van der Waals surface area contributed by atoms with E-state index in [1.165, 1.54) is 16.9 Å². The first-order chi connectivity index (χ1) is 3.85. The molecule has 0 spiro atoms. The van der Waals surface area contributed by atoms with E-state index in [9.17, 15) is 0 Å². The molecule has 8 heavy (non-hydrogen) atoms. The zero-order valence-corrected chi connectivity index (χ0v) is 6.16. The van der Waals surface area contributed by atoms with Crippen molar-refractivity contribution in [2.24, 2.45) is 4.40 Å². The Balaban J connectivity index is 3.53. The molecule has 0 heterocycles. The topological polar surface area (TPSA) is 12.4 Å². The fraction of sp³-hybridized carbons (Fsp3) is 0.500. The van der Waals surface area contributed by atoms with E-state index in [4.69, 9.17) is 0 Å². The average molecular weight is 129 g/mol. The third kappa shape index (κ3) is 2.86. The van der Waals surface area contributed by atoms with Crippen molar-refractivity contribution in [2.45, 2.75) is 20.3 Å². The molecular weight excluding hydrogens is 118 g/mol. The lowest BCUT2D eigenvalue weighted by Gasteiger charge is -1.92. The molecule has 0 amide bonds. The van der Waals surface area contributed by atoms with Crippen LogP contribution in [0.5, 0.6) is 0 Å². The summed E-state index contributed by atoms with van der Waals surface area (Å²) in [7, 11) is 0. The van der Waals surface area contributed by atoms with Gasteiger partial charge in [-0.05, 0) is 20.1 Å². The second kappa shape index (κ2) is 4.91. The highest BCUT2D eigenvalue weighted by Crippen LogP contribution is 2.18. The molecule has 0 bridgehead atoms. The van der Waals surface area contributed by atoms with E-state index in [2.05, 4.69) is 24.1 Å². The fourth-order valence-electron chi connectivity index (χ4n) is 0.404. The predicted octanol–water partition coefficient (Wildman–Crippen LogP) is 2.65. The molecule has 0 aromatic rings. The molecule has 0 N–H and O–H groups in total. The molecule has 0 aliphatic rings. The maximum absolute atomic E-state index is 3.68. The van der Waals surface area contributed by atoms with Crippen molar-refractivity contribution < 1.29 is 0 Å². The van der Waals surface area contributed by atoms with Crippen molar-refractivity contribution in [3.05, 3.63) is 11.0 Å². The smallest absolute Gasteiger partial charge is 0.00465 e. The van der Waals surface area contributed by atoms with Gasteiger partial charge in [-0.2, -0.15) is 0 Å². The second-order valence-corrected chi connectivity index (χ2v) is 2.29. The normalized spacial score (nSPS) is 11.5. The highest BCUT2D eigenvalue weighted by Gasteiger charge is 1.86. The fourth-order valence-corrected chi connectivity index (χ4v) is 0.805. The summed E-state index contributed by atoms with van der Waals surface area (Å²) in [5, 5.41) is 0. The van der Waals surface area contributed by atoms with E-state index in [0.717, 1.165) is 6.42 Å². The molecule has 0 radical (unpaired) electrons. The van der Waals surface area contributed by atoms with Gasteiger partial charge in [0.1, 0.15) is 0 Å². The zero-order chi connectivity index (χ0) is 6.41. The van der Waals surface area contributed by atoms with Gasteiger partial charge in [-0.15, -0.1) is 0 Å². The predicted molar refractivity (Wildman–Crippen MR) is 41.2 cm³/mol. The molecular formula is C6H11NS. The first-order valence-electron chi connectivity index (χ1n) is 2.63. The summed E-state index contributed by atoms with van der Waals surface area (Å²) >= 11 is 1.45. The minimum atomic E-state index is 1.06. The quantitative estimate of drug-likeness (QED) is 0.421. The first-order valence-corrected chi connectivity index (χ1v) is 3.40. The van der Waals surface area contributed by atoms with Gasteiger partial charge in [0.25, 0.3) is 0 Å². The van der Waals surface area contributed by atoms with E-state index in [-0.39, 0.29) is 0 Å². The Morgan fingerprint density at radius 1 is 1.88 bits per heavy atom. The molecule has 0 fully saturated rings. The van der Waals surface area contributed by atoms with Gasteiger partial charge in [0.15, 0.2) is 0 Å². The third-order valence-electron chi connectivity index (χ3n) is 0.852. The van der Waals surface area contributed by atoms with Crippen LogP contribution >= 0.6 is 11.9 Å². The Bertz CT molecular complexity index is 96.7. The van der Waals surface area contributed by atoms with Gasteiger partial charge in [0, 0.05) is 16.9 Å². The average Bonchev–Trinajstić information content (AvgIpc) is 1.83. The lowest BCUT2D eigenvalue weighted by molar-refractivity contribution is 1.19. The number of nitrogens with zero attached hydrogens (tertiary/aromatic N) is 1. The summed E-state index contributed by atoms with van der Waals surface area (Å²) in [6.07, 6.45) is 3.11. The molecule has 2 heteroatoms. The van der Waals surface area contributed by atoms with Gasteiger partial charge < -0.3 is 0 Å². The molecule has 0 saturated carbocycles. The van der Waals surface area contributed by atoms with Crippen LogP contribution < -0.4 is 0 Å². The van der Waals surface area contributed by atoms with E-state index in [1.54, 1.807) is 0 Å². The number of hydrogen-bond donors (Lipinski definition) is 0. The Morgan fingerprint density at radius 3 is 2.62 bits per heavy atom. The van der Waals surface area contributed by atoms with Crippen molar-refractivity contribution in [1.82, 2.24) is 0 Å². The molecule has 0 saturated heterocycles. The highest BCUT2D eigenvalue weighted by molar-refractivity contribution is 8.01. The van der Waals surface area contributed by atoms with Crippen LogP contribution in [-0.4, -0.2) is 6.72 Å². The molecule has 0 rings (SSSR count). The van der Waals surface area contributed by atoms with Crippen molar-refractivity contribution >= 4 is 18.7 Å². The van der Waals surface area contributed by atoms with Gasteiger partial charge in [-0.3, -0.25) is 0 Å². The maximum Gasteiger partial charge on any atom is 0.00465 e. The summed E-state index contributed by atoms with van der Waals surface area (Å²) < 4.78 is 3.68. The van der Waals surface area contributed by atoms with Crippen LogP contribution in [0.25, 0.3) is 0 Å². The molecule has 0 unspecified atom stereocenters. The summed E-state index contributed by atoms with van der Waals surface area (Å²) in [6, 6.07) is 0. The third-order valence-corrected chi connectivity index (χ3v) is 1.74. The van der Waals surface area contributed by atoms with Gasteiger partial charge in [0.05, 0.1) is 0 Å². The summed E-state index contributed by atoms with van der Waals surface area (Å²) in [5.41, 5.74) is 0. The van der Waals surface area contributed by atoms with E-state index >= 15 is 0 Å². The number of rotatable bonds is 3. The lowest BCUT2D eigenvalue weighted by Crippen LogP contribution is -1.66. The number of allylic oxidation sites excluding steroid dienone is 2. The van der Waals surface area contributed by atoms with Gasteiger partial charge in [0.2, 0.25) is 0 Å². The molecule has 0 aromatic heterocycles. The van der Waals surface area contributed by atoms with Crippen LogP contribution in [0.4, 0.5) is 0 Å². The standard InChI is InChI=1S/C6H11NS/c1-4-6(5-2)8-7-3/h4H,3,5H2,1-2H3/b6-4-. The van der Waals surface area contributed by atoms with Crippen LogP contribution in [0.2, 0.25) is 0 Å². The largest absolute Gasteiger partial charge is 0.228 e. The Morgan fingerprint density at radius 2 is 2.50 bits per heavy atom. The van der Waals surface area contributed by atoms with E-state index < -0.39 is 0 Å². The van der Waals surface area contributed by atoms with Crippen molar-refractivity contribution in [2.75, 3.05) is 0 Å². The van der Waals surface area contributed by atoms with Crippen molar-refractivity contribution in [3.8, 4) is 0 Å². The van der Waals surface area contributed by atoms with Gasteiger partial charge in [-0.25, -0.2) is 4.40 Å². The monoisotopic (exact) mass is 129 g/mol. The summed E-state index contributed by atoms with van der Waals surface area (Å²) in [6.45, 7) is 7.48. The van der Waals surface area contributed by atoms with Crippen molar-refractivity contribution in [3.63, 3.8) is 0 Å². The van der Waals surface area contributed by atoms with Crippen molar-refractivity contribution in [1.29, 1.82) is 0 Å². The number of hydrogen-bond acceptors (Lipinski definition) is 2. The first kappa shape index (κ1) is 7.76. The molecule has 0 aliphatic carbocycles. The Kier molecular flexibility index (Phi) is 4.76. The minimum absolute atomic E-state index is 1.06. The van der Waals surface area contributed by atoms with Gasteiger partial charge >= 0.3 is 0 Å². The maximum atomic E-state index is 3.68. The zero-order valence-electron chi connectivity index (χ0n) is 5.35. The van der Waals surface area contributed by atoms with Crippen LogP contribution in [0.1, 0.15) is 20.3 Å². The van der Waals surface area contributed by atoms with E-state index in [0.29, 0.717) is 0 Å². The summed E-state index contributed by atoms with van der Waals surface area (Å²) in [4.78, 5) is 1.28. The molecule has 0 aromatic carbocycles. The van der Waals surface area contributed by atoms with Crippen LogP contribution in [0.3, 0.4) is 0 Å². The van der Waals surface area contributed by atoms with Crippen LogP contribution in [-0.2, 0) is 0 Å². The second-order valence-electron chi connectivity index (χ2n) is 1.33. The summed E-state index contributed by atoms with van der Waals surface area (Å²) in [5.74, 6) is 0. The molecule has 0 atom stereocenters. The van der Waals surface area contributed by atoms with Gasteiger partial charge in [-0.1, -0.05) is 13.0 Å². The highest BCUT2D eigenvalue weighted by atomic mass is 32.2. The molecule has 1 nitrogen and oxygen atoms in total. The van der Waals surface area contributed by atoms with Crippen LogP contribution in [0.15, 0.2) is 15.4 Å². The SMILES string of the molecule is C=NS/C(=C\C)CC. The molecule has 0 aliphatic heterocycles. The lowest BCUT2D eigenvalue weighted by atomic mass is 10.4. The minimum Gasteiger partial charge on any atom is -0.228 e. The Labute approximate surface area is 55.0 Å². The molecule has 46 valence electrons.